The van der Waals surface area contributed by atoms with Gasteiger partial charge in [0.1, 0.15) is 0 Å². The molecule has 6 heteroatoms. The molecule has 0 spiro atoms. The number of carbonyl (C=O) groups is 1. The Morgan fingerprint density at radius 2 is 1.75 bits per heavy atom. The normalized spacial score (nSPS) is 11.2. The summed E-state index contributed by atoms with van der Waals surface area (Å²) in [4.78, 5) is 17.4. The first kappa shape index (κ1) is 21.7. The molecule has 0 saturated carbocycles. The number of aromatic nitrogens is 3. The topological polar surface area (TPSA) is 85.8 Å². The molecular weight excluding hydrogens is 398 g/mol. The van der Waals surface area contributed by atoms with Crippen LogP contribution in [0.1, 0.15) is 49.6 Å². The fourth-order valence-corrected chi connectivity index (χ4v) is 4.12. The molecule has 0 aliphatic heterocycles. The van der Waals surface area contributed by atoms with Crippen molar-refractivity contribution in [3.63, 3.8) is 0 Å². The Bertz CT molecular complexity index is 1280. The Kier molecular flexibility index (Phi) is 6.06. The number of carbonyl (C=O) groups excluding carboxylic acids is 1. The van der Waals surface area contributed by atoms with Crippen molar-refractivity contribution >= 4 is 16.8 Å². The fraction of sp³-hybridized carbons (Fsp3) is 0.269. The SMILES string of the molecule is Cc1ccc2cc(Cn3ncc(C(=O)NCc4c(C)cc(CN)cc4C)c3C)ccc2n1. The van der Waals surface area contributed by atoms with Gasteiger partial charge in [-0.1, -0.05) is 24.3 Å². The lowest BCUT2D eigenvalue weighted by Crippen LogP contribution is -2.24. The standard InChI is InChI=1S/C26H29N5O/c1-16-9-21(12-27)10-17(2)23(16)13-28-26(32)24-14-29-31(19(24)4)15-20-6-8-25-22(11-20)7-5-18(3)30-25/h5-11,14H,12-13,15,27H2,1-4H3,(H,28,32). The number of pyridine rings is 1. The van der Waals surface area contributed by atoms with E-state index in [2.05, 4.69) is 59.6 Å². The number of nitrogens with two attached hydrogens (primary N) is 1. The van der Waals surface area contributed by atoms with Crippen molar-refractivity contribution in [3.05, 3.63) is 93.4 Å². The summed E-state index contributed by atoms with van der Waals surface area (Å²) in [5.74, 6) is -0.117. The molecule has 0 radical (unpaired) electrons. The van der Waals surface area contributed by atoms with Crippen LogP contribution in [0.4, 0.5) is 0 Å². The average molecular weight is 428 g/mol. The van der Waals surface area contributed by atoms with Gasteiger partial charge in [0.05, 0.1) is 23.8 Å². The molecule has 0 bridgehead atoms. The minimum Gasteiger partial charge on any atom is -0.348 e. The van der Waals surface area contributed by atoms with Gasteiger partial charge in [0, 0.05) is 29.9 Å². The van der Waals surface area contributed by atoms with Crippen molar-refractivity contribution in [1.82, 2.24) is 20.1 Å². The molecule has 32 heavy (non-hydrogen) atoms. The van der Waals surface area contributed by atoms with Gasteiger partial charge in [-0.15, -0.1) is 0 Å². The maximum absolute atomic E-state index is 12.9. The summed E-state index contributed by atoms with van der Waals surface area (Å²) in [5, 5.41) is 8.61. The van der Waals surface area contributed by atoms with E-state index < -0.39 is 0 Å². The predicted octanol–water partition coefficient (Wildman–Crippen LogP) is 4.10. The molecular formula is C26H29N5O. The molecule has 1 amide bonds. The number of amides is 1. The van der Waals surface area contributed by atoms with Crippen LogP contribution in [0, 0.1) is 27.7 Å². The van der Waals surface area contributed by atoms with Crippen LogP contribution in [0.15, 0.2) is 48.7 Å². The average Bonchev–Trinajstić information content (AvgIpc) is 3.13. The molecule has 0 unspecified atom stereocenters. The summed E-state index contributed by atoms with van der Waals surface area (Å²) >= 11 is 0. The third kappa shape index (κ3) is 4.41. The largest absolute Gasteiger partial charge is 0.348 e. The molecule has 0 aliphatic carbocycles. The third-order valence-electron chi connectivity index (χ3n) is 5.99. The summed E-state index contributed by atoms with van der Waals surface area (Å²) < 4.78 is 1.87. The molecule has 0 saturated heterocycles. The van der Waals surface area contributed by atoms with Crippen molar-refractivity contribution in [3.8, 4) is 0 Å². The highest BCUT2D eigenvalue weighted by molar-refractivity contribution is 5.95. The van der Waals surface area contributed by atoms with Gasteiger partial charge in [-0.05, 0) is 73.7 Å². The summed E-state index contributed by atoms with van der Waals surface area (Å²) in [5.41, 5.74) is 14.8. The lowest BCUT2D eigenvalue weighted by atomic mass is 9.99. The van der Waals surface area contributed by atoms with Crippen LogP contribution >= 0.6 is 0 Å². The van der Waals surface area contributed by atoms with E-state index in [1.54, 1.807) is 6.20 Å². The Balaban J connectivity index is 1.48. The lowest BCUT2D eigenvalue weighted by Gasteiger charge is -2.13. The fourth-order valence-electron chi connectivity index (χ4n) is 4.12. The molecule has 4 rings (SSSR count). The first-order valence-corrected chi connectivity index (χ1v) is 10.8. The van der Waals surface area contributed by atoms with Crippen molar-refractivity contribution < 1.29 is 4.79 Å². The molecule has 2 heterocycles. The summed E-state index contributed by atoms with van der Waals surface area (Å²) in [6.07, 6.45) is 1.65. The molecule has 2 aromatic heterocycles. The van der Waals surface area contributed by atoms with Crippen LogP contribution in [0.2, 0.25) is 0 Å². The van der Waals surface area contributed by atoms with Crippen LogP contribution in [-0.4, -0.2) is 20.7 Å². The first-order valence-electron chi connectivity index (χ1n) is 10.8. The van der Waals surface area contributed by atoms with Gasteiger partial charge in [-0.2, -0.15) is 5.10 Å². The third-order valence-corrected chi connectivity index (χ3v) is 5.99. The van der Waals surface area contributed by atoms with E-state index in [9.17, 15) is 4.79 Å². The molecule has 2 aromatic carbocycles. The van der Waals surface area contributed by atoms with Gasteiger partial charge >= 0.3 is 0 Å². The zero-order valence-electron chi connectivity index (χ0n) is 19.1. The number of benzene rings is 2. The molecule has 0 atom stereocenters. The monoisotopic (exact) mass is 427 g/mol. The highest BCUT2D eigenvalue weighted by atomic mass is 16.1. The van der Waals surface area contributed by atoms with Crippen LogP contribution < -0.4 is 11.1 Å². The van der Waals surface area contributed by atoms with Crippen molar-refractivity contribution in [2.75, 3.05) is 0 Å². The first-order chi connectivity index (χ1) is 15.4. The van der Waals surface area contributed by atoms with Gasteiger partial charge in [0.15, 0.2) is 0 Å². The highest BCUT2D eigenvalue weighted by Gasteiger charge is 2.15. The summed E-state index contributed by atoms with van der Waals surface area (Å²) in [7, 11) is 0. The number of hydrogen-bond acceptors (Lipinski definition) is 4. The summed E-state index contributed by atoms with van der Waals surface area (Å²) in [6, 6.07) is 14.5. The number of nitrogens with zero attached hydrogens (tertiary/aromatic N) is 3. The van der Waals surface area contributed by atoms with E-state index in [1.807, 2.05) is 30.7 Å². The molecule has 0 aliphatic rings. The van der Waals surface area contributed by atoms with Crippen molar-refractivity contribution in [2.24, 2.45) is 5.73 Å². The number of rotatable bonds is 6. The lowest BCUT2D eigenvalue weighted by molar-refractivity contribution is 0.0950. The minimum absolute atomic E-state index is 0.117. The zero-order valence-corrected chi connectivity index (χ0v) is 19.1. The van der Waals surface area contributed by atoms with E-state index in [1.165, 1.54) is 0 Å². The van der Waals surface area contributed by atoms with E-state index in [0.717, 1.165) is 50.1 Å². The maximum atomic E-state index is 12.9. The Morgan fingerprint density at radius 3 is 2.47 bits per heavy atom. The van der Waals surface area contributed by atoms with Crippen LogP contribution in [0.5, 0.6) is 0 Å². The van der Waals surface area contributed by atoms with E-state index >= 15 is 0 Å². The van der Waals surface area contributed by atoms with Gasteiger partial charge < -0.3 is 11.1 Å². The van der Waals surface area contributed by atoms with Crippen LogP contribution in [0.25, 0.3) is 10.9 Å². The maximum Gasteiger partial charge on any atom is 0.255 e. The Labute approximate surface area is 188 Å². The van der Waals surface area contributed by atoms with Crippen molar-refractivity contribution in [1.29, 1.82) is 0 Å². The molecule has 4 aromatic rings. The number of aryl methyl sites for hydroxylation is 3. The predicted molar refractivity (Wildman–Crippen MR) is 128 cm³/mol. The van der Waals surface area contributed by atoms with Gasteiger partial charge in [-0.3, -0.25) is 14.5 Å². The van der Waals surface area contributed by atoms with E-state index in [0.29, 0.717) is 25.2 Å². The highest BCUT2D eigenvalue weighted by Crippen LogP contribution is 2.19. The molecule has 0 fully saturated rings. The quantitative estimate of drug-likeness (QED) is 0.485. The molecule has 6 nitrogen and oxygen atoms in total. The Morgan fingerprint density at radius 1 is 1.00 bits per heavy atom. The minimum atomic E-state index is -0.117. The van der Waals surface area contributed by atoms with Gasteiger partial charge in [0.25, 0.3) is 5.91 Å². The van der Waals surface area contributed by atoms with Gasteiger partial charge in [0.2, 0.25) is 0 Å². The summed E-state index contributed by atoms with van der Waals surface area (Å²) in [6.45, 7) is 9.62. The van der Waals surface area contributed by atoms with Gasteiger partial charge in [-0.25, -0.2) is 0 Å². The number of hydrogen-bond donors (Lipinski definition) is 2. The Hall–Kier alpha value is -3.51. The zero-order chi connectivity index (χ0) is 22.8. The van der Waals surface area contributed by atoms with E-state index in [-0.39, 0.29) is 5.91 Å². The second-order valence-electron chi connectivity index (χ2n) is 8.38. The van der Waals surface area contributed by atoms with Crippen LogP contribution in [0.3, 0.4) is 0 Å². The van der Waals surface area contributed by atoms with E-state index in [4.69, 9.17) is 5.73 Å². The molecule has 3 N–H and O–H groups in total. The second-order valence-corrected chi connectivity index (χ2v) is 8.38. The van der Waals surface area contributed by atoms with Crippen LogP contribution in [-0.2, 0) is 19.6 Å². The molecule has 164 valence electrons. The number of nitrogens with one attached hydrogen (secondary N) is 1. The van der Waals surface area contributed by atoms with Crippen molar-refractivity contribution in [2.45, 2.75) is 47.3 Å². The second kappa shape index (κ2) is 8.93. The number of fused-ring (bicyclic) bond motifs is 1. The smallest absolute Gasteiger partial charge is 0.255 e.